The first-order valence-corrected chi connectivity index (χ1v) is 5.07. The molecule has 0 saturated heterocycles. The average molecular weight is 237 g/mol. The van der Waals surface area contributed by atoms with Crippen molar-refractivity contribution in [2.45, 2.75) is 6.42 Å². The molecule has 2 rings (SSSR count). The molecule has 2 N–H and O–H groups in total. The van der Waals surface area contributed by atoms with Crippen LogP contribution in [0.3, 0.4) is 0 Å². The van der Waals surface area contributed by atoms with Crippen LogP contribution in [-0.2, 0) is 11.2 Å². The van der Waals surface area contributed by atoms with Crippen molar-refractivity contribution >= 4 is 28.3 Å². The number of hydrogen-bond donors (Lipinski definition) is 2. The number of phenolic OH excluding ortho intramolecular Hbond substituents is 1. The Morgan fingerprint density at radius 2 is 2.00 bits per heavy atom. The fourth-order valence-electron chi connectivity index (χ4n) is 1.63. The number of carboxylic acid groups (broad SMARTS) is 1. The van der Waals surface area contributed by atoms with Gasteiger partial charge in [-0.3, -0.25) is 4.79 Å². The first kappa shape index (κ1) is 10.8. The van der Waals surface area contributed by atoms with E-state index in [9.17, 15) is 9.90 Å². The van der Waals surface area contributed by atoms with Gasteiger partial charge in [-0.25, -0.2) is 0 Å². The van der Waals surface area contributed by atoms with Crippen LogP contribution < -0.4 is 0 Å². The van der Waals surface area contributed by atoms with Gasteiger partial charge in [-0.15, -0.1) is 0 Å². The van der Waals surface area contributed by atoms with E-state index in [0.29, 0.717) is 10.6 Å². The molecule has 0 aliphatic heterocycles. The Hall–Kier alpha value is -1.74. The van der Waals surface area contributed by atoms with Crippen LogP contribution in [0.15, 0.2) is 30.3 Å². The van der Waals surface area contributed by atoms with Crippen molar-refractivity contribution in [1.29, 1.82) is 0 Å². The minimum atomic E-state index is -0.880. The summed E-state index contributed by atoms with van der Waals surface area (Å²) in [5, 5.41) is 20.0. The van der Waals surface area contributed by atoms with Crippen LogP contribution in [0.2, 0.25) is 5.02 Å². The van der Waals surface area contributed by atoms with Crippen LogP contribution in [0.4, 0.5) is 0 Å². The highest BCUT2D eigenvalue weighted by Gasteiger charge is 2.05. The molecule has 0 aliphatic carbocycles. The number of phenols is 1. The molecule has 4 heteroatoms. The Labute approximate surface area is 96.9 Å². The smallest absolute Gasteiger partial charge is 0.307 e. The maximum Gasteiger partial charge on any atom is 0.307 e. The molecule has 0 saturated carbocycles. The first-order chi connectivity index (χ1) is 7.56. The van der Waals surface area contributed by atoms with Crippen LogP contribution in [0, 0.1) is 0 Å². The van der Waals surface area contributed by atoms with Crippen molar-refractivity contribution in [3.05, 3.63) is 40.9 Å². The molecule has 16 heavy (non-hydrogen) atoms. The van der Waals surface area contributed by atoms with Gasteiger partial charge in [0.25, 0.3) is 0 Å². The summed E-state index contributed by atoms with van der Waals surface area (Å²) in [6, 6.07) is 8.22. The summed E-state index contributed by atoms with van der Waals surface area (Å²) in [7, 11) is 0. The molecule has 0 bridgehead atoms. The van der Waals surface area contributed by atoms with Crippen LogP contribution in [0.1, 0.15) is 5.56 Å². The van der Waals surface area contributed by atoms with Crippen molar-refractivity contribution in [3.63, 3.8) is 0 Å². The van der Waals surface area contributed by atoms with E-state index >= 15 is 0 Å². The molecule has 3 nitrogen and oxygen atoms in total. The molecule has 0 atom stereocenters. The largest absolute Gasteiger partial charge is 0.508 e. The zero-order chi connectivity index (χ0) is 11.7. The summed E-state index contributed by atoms with van der Waals surface area (Å²) in [6.45, 7) is 0. The SMILES string of the molecule is O=C(O)Cc1ccc2cc(O)cc(Cl)c2c1. The Bertz CT molecular complexity index is 563. The van der Waals surface area contributed by atoms with Crippen molar-refractivity contribution in [3.8, 4) is 5.75 Å². The zero-order valence-corrected chi connectivity index (χ0v) is 9.03. The molecule has 0 heterocycles. The standard InChI is InChI=1S/C12H9ClO3/c13-11-6-9(14)5-8-2-1-7(3-10(8)11)4-12(15)16/h1-3,5-6,14H,4H2,(H,15,16). The second kappa shape index (κ2) is 4.02. The molecule has 82 valence electrons. The lowest BCUT2D eigenvalue weighted by molar-refractivity contribution is -0.136. The zero-order valence-electron chi connectivity index (χ0n) is 8.27. The monoisotopic (exact) mass is 236 g/mol. The fraction of sp³-hybridized carbons (Fsp3) is 0.0833. The molecule has 2 aromatic carbocycles. The topological polar surface area (TPSA) is 57.5 Å². The van der Waals surface area contributed by atoms with Crippen molar-refractivity contribution in [2.24, 2.45) is 0 Å². The van der Waals surface area contributed by atoms with Gasteiger partial charge < -0.3 is 10.2 Å². The minimum absolute atomic E-state index is 0.0346. The lowest BCUT2D eigenvalue weighted by atomic mass is 10.0. The predicted octanol–water partition coefficient (Wildman–Crippen LogP) is 2.83. The number of carbonyl (C=O) groups is 1. The maximum absolute atomic E-state index is 10.6. The predicted molar refractivity (Wildman–Crippen MR) is 62.0 cm³/mol. The summed E-state index contributed by atoms with van der Waals surface area (Å²) >= 11 is 5.96. The number of aromatic hydroxyl groups is 1. The Kier molecular flexibility index (Phi) is 2.71. The van der Waals surface area contributed by atoms with Gasteiger partial charge in [-0.2, -0.15) is 0 Å². The van der Waals surface area contributed by atoms with Crippen LogP contribution >= 0.6 is 11.6 Å². The average Bonchev–Trinajstić information content (AvgIpc) is 2.18. The number of benzene rings is 2. The molecule has 0 radical (unpaired) electrons. The molecular formula is C12H9ClO3. The van der Waals surface area contributed by atoms with Gasteiger partial charge in [0.05, 0.1) is 11.4 Å². The van der Waals surface area contributed by atoms with Gasteiger partial charge in [-0.1, -0.05) is 23.7 Å². The third-order valence-electron chi connectivity index (χ3n) is 2.31. The van der Waals surface area contributed by atoms with E-state index in [-0.39, 0.29) is 12.2 Å². The number of carboxylic acids is 1. The van der Waals surface area contributed by atoms with Crippen molar-refractivity contribution < 1.29 is 15.0 Å². The summed E-state index contributed by atoms with van der Waals surface area (Å²) in [4.78, 5) is 10.6. The molecule has 2 aromatic rings. The van der Waals surface area contributed by atoms with E-state index in [1.807, 2.05) is 0 Å². The van der Waals surface area contributed by atoms with Gasteiger partial charge in [0.2, 0.25) is 0 Å². The highest BCUT2D eigenvalue weighted by atomic mass is 35.5. The third-order valence-corrected chi connectivity index (χ3v) is 2.62. The summed E-state index contributed by atoms with van der Waals surface area (Å²) < 4.78 is 0. The van der Waals surface area contributed by atoms with Crippen molar-refractivity contribution in [1.82, 2.24) is 0 Å². The second-order valence-corrected chi connectivity index (χ2v) is 3.96. The summed E-state index contributed by atoms with van der Waals surface area (Å²) in [5.41, 5.74) is 0.688. The Morgan fingerprint density at radius 3 is 2.69 bits per heavy atom. The normalized spacial score (nSPS) is 10.6. The van der Waals surface area contributed by atoms with E-state index in [0.717, 1.165) is 10.8 Å². The first-order valence-electron chi connectivity index (χ1n) is 4.69. The number of rotatable bonds is 2. The van der Waals surface area contributed by atoms with Gasteiger partial charge in [0.1, 0.15) is 5.75 Å². The number of fused-ring (bicyclic) bond motifs is 1. The maximum atomic E-state index is 10.6. The van der Waals surface area contributed by atoms with Crippen molar-refractivity contribution in [2.75, 3.05) is 0 Å². The molecule has 0 aliphatic rings. The lowest BCUT2D eigenvalue weighted by Gasteiger charge is -2.04. The third kappa shape index (κ3) is 2.09. The highest BCUT2D eigenvalue weighted by molar-refractivity contribution is 6.35. The van der Waals surface area contributed by atoms with Crippen LogP contribution in [-0.4, -0.2) is 16.2 Å². The van der Waals surface area contributed by atoms with E-state index in [1.165, 1.54) is 6.07 Å². The van der Waals surface area contributed by atoms with E-state index in [1.54, 1.807) is 24.3 Å². The fourth-order valence-corrected chi connectivity index (χ4v) is 1.90. The number of hydrogen-bond acceptors (Lipinski definition) is 2. The van der Waals surface area contributed by atoms with E-state index in [4.69, 9.17) is 16.7 Å². The van der Waals surface area contributed by atoms with Gasteiger partial charge in [-0.05, 0) is 29.1 Å². The molecular weight excluding hydrogens is 228 g/mol. The van der Waals surface area contributed by atoms with Gasteiger partial charge in [0.15, 0.2) is 0 Å². The number of halogens is 1. The van der Waals surface area contributed by atoms with E-state index in [2.05, 4.69) is 0 Å². The van der Waals surface area contributed by atoms with Gasteiger partial charge in [0, 0.05) is 5.39 Å². The summed E-state index contributed by atoms with van der Waals surface area (Å²) in [6.07, 6.45) is -0.0346. The Balaban J connectivity index is 2.57. The van der Waals surface area contributed by atoms with Gasteiger partial charge >= 0.3 is 5.97 Å². The second-order valence-electron chi connectivity index (χ2n) is 3.55. The highest BCUT2D eigenvalue weighted by Crippen LogP contribution is 2.29. The number of aliphatic carboxylic acids is 1. The quantitative estimate of drug-likeness (QED) is 0.843. The minimum Gasteiger partial charge on any atom is -0.508 e. The van der Waals surface area contributed by atoms with Crippen LogP contribution in [0.5, 0.6) is 5.75 Å². The Morgan fingerprint density at radius 1 is 1.25 bits per heavy atom. The molecule has 0 fully saturated rings. The molecule has 0 amide bonds. The lowest BCUT2D eigenvalue weighted by Crippen LogP contribution is -1.99. The molecule has 0 aromatic heterocycles. The molecule has 0 unspecified atom stereocenters. The van der Waals surface area contributed by atoms with Crippen LogP contribution in [0.25, 0.3) is 10.8 Å². The van der Waals surface area contributed by atoms with E-state index < -0.39 is 5.97 Å². The summed E-state index contributed by atoms with van der Waals surface area (Å²) in [5.74, 6) is -0.780. The molecule has 0 spiro atoms.